The number of carbonyl (C=O) groups excluding carboxylic acids is 1. The van der Waals surface area contributed by atoms with E-state index in [-0.39, 0.29) is 29.0 Å². The molecule has 4 saturated carbocycles. The third-order valence-electron chi connectivity index (χ3n) is 11.2. The fraction of sp³-hybridized carbons (Fsp3) is 0.893. The average molecular weight is 447 g/mol. The Bertz CT molecular complexity index is 757. The Morgan fingerprint density at radius 2 is 1.75 bits per heavy atom. The number of ketones is 1. The van der Waals surface area contributed by atoms with Crippen LogP contribution in [0.25, 0.3) is 0 Å². The Kier molecular flexibility index (Phi) is 6.26. The summed E-state index contributed by atoms with van der Waals surface area (Å²) in [5.41, 5.74) is 0.601. The molecule has 4 rings (SSSR count). The number of Topliss-reactive ketones (excluding diaryl/α,β-unsaturated/α-hetero) is 1. The minimum Gasteiger partial charge on any atom is -0.387 e. The summed E-state index contributed by atoms with van der Waals surface area (Å²) in [5, 5.41) is 32.7. The van der Waals surface area contributed by atoms with Crippen molar-refractivity contribution in [2.24, 2.45) is 52.3 Å². The van der Waals surface area contributed by atoms with Gasteiger partial charge < -0.3 is 15.3 Å². The molecule has 0 heterocycles. The molecule has 4 nitrogen and oxygen atoms in total. The summed E-state index contributed by atoms with van der Waals surface area (Å²) in [6.45, 7) is 15.5. The Morgan fingerprint density at radius 1 is 1.06 bits per heavy atom. The first-order chi connectivity index (χ1) is 14.9. The molecule has 0 aromatic rings. The van der Waals surface area contributed by atoms with Gasteiger partial charge in [-0.3, -0.25) is 4.79 Å². The molecular weight excluding hydrogens is 400 g/mol. The number of fused-ring (bicyclic) bond motifs is 5. The van der Waals surface area contributed by atoms with Crippen LogP contribution >= 0.6 is 0 Å². The predicted octanol–water partition coefficient (Wildman–Crippen LogP) is 5.10. The minimum absolute atomic E-state index is 0.0861. The second-order valence-corrected chi connectivity index (χ2v) is 12.8. The van der Waals surface area contributed by atoms with Gasteiger partial charge in [-0.25, -0.2) is 0 Å². The van der Waals surface area contributed by atoms with Crippen LogP contribution in [0.2, 0.25) is 0 Å². The van der Waals surface area contributed by atoms with Gasteiger partial charge in [0.25, 0.3) is 0 Å². The van der Waals surface area contributed by atoms with E-state index < -0.39 is 17.3 Å². The molecule has 2 unspecified atom stereocenters. The van der Waals surface area contributed by atoms with Crippen LogP contribution in [0.3, 0.4) is 0 Å². The smallest absolute Gasteiger partial charge is 0.195 e. The molecule has 9 atom stereocenters. The van der Waals surface area contributed by atoms with E-state index in [4.69, 9.17) is 0 Å². The zero-order valence-corrected chi connectivity index (χ0v) is 20.9. The molecule has 0 aromatic carbocycles. The van der Waals surface area contributed by atoms with Crippen LogP contribution in [-0.4, -0.2) is 33.0 Å². The lowest BCUT2D eigenvalue weighted by Crippen LogP contribution is -2.69. The Labute approximate surface area is 194 Å². The maximum Gasteiger partial charge on any atom is 0.195 e. The third kappa shape index (κ3) is 3.38. The standard InChI is InChI=1S/C28H46O4/c1-16(2)17(3)7-8-18(4)20-9-10-21-19-15-24(29)23-11-12-25(30)28(31,32)27(23,6)22(19)13-14-26(20,21)5/h16,18-23,25,30-32H,3,7-15H2,1-2,4-6H3/t18-,19+,20-,21+,22+,23?,25?,26-,27-/m1/s1. The summed E-state index contributed by atoms with van der Waals surface area (Å²) < 4.78 is 0. The van der Waals surface area contributed by atoms with Crippen LogP contribution < -0.4 is 0 Å². The SMILES string of the molecule is C=C(CC[C@@H](C)[C@H]1CC[C@H]2[C@@H]3CC(=O)C4CCC(O)C(O)(O)[C@]4(C)[C@H]3CC[C@]12C)C(C)C. The van der Waals surface area contributed by atoms with Crippen molar-refractivity contribution >= 4 is 5.78 Å². The van der Waals surface area contributed by atoms with Crippen LogP contribution in [0.15, 0.2) is 12.2 Å². The van der Waals surface area contributed by atoms with Crippen molar-refractivity contribution in [2.75, 3.05) is 0 Å². The molecule has 4 heteroatoms. The molecule has 4 aliphatic rings. The second kappa shape index (κ2) is 8.20. The maximum atomic E-state index is 13.3. The molecule has 0 amide bonds. The average Bonchev–Trinajstić information content (AvgIpc) is 3.07. The van der Waals surface area contributed by atoms with E-state index in [1.165, 1.54) is 18.4 Å². The lowest BCUT2D eigenvalue weighted by Gasteiger charge is -2.63. The molecule has 182 valence electrons. The second-order valence-electron chi connectivity index (χ2n) is 12.8. The third-order valence-corrected chi connectivity index (χ3v) is 11.2. The molecule has 0 bridgehead atoms. The number of hydrogen-bond donors (Lipinski definition) is 3. The number of carbonyl (C=O) groups is 1. The first kappa shape index (κ1) is 24.4. The van der Waals surface area contributed by atoms with Gasteiger partial charge in [0.05, 0.1) is 0 Å². The van der Waals surface area contributed by atoms with Gasteiger partial charge in [-0.15, -0.1) is 0 Å². The van der Waals surface area contributed by atoms with Crippen molar-refractivity contribution in [3.05, 3.63) is 12.2 Å². The lowest BCUT2D eigenvalue weighted by molar-refractivity contribution is -0.341. The van der Waals surface area contributed by atoms with Crippen LogP contribution in [0.1, 0.15) is 92.4 Å². The molecule has 4 fully saturated rings. The van der Waals surface area contributed by atoms with Gasteiger partial charge in [0, 0.05) is 17.8 Å². The summed E-state index contributed by atoms with van der Waals surface area (Å²) in [4.78, 5) is 13.3. The van der Waals surface area contributed by atoms with Crippen LogP contribution in [-0.2, 0) is 4.79 Å². The topological polar surface area (TPSA) is 77.8 Å². The van der Waals surface area contributed by atoms with E-state index in [0.29, 0.717) is 42.9 Å². The minimum atomic E-state index is -2.19. The predicted molar refractivity (Wildman–Crippen MR) is 127 cm³/mol. The summed E-state index contributed by atoms with van der Waals surface area (Å²) >= 11 is 0. The van der Waals surface area contributed by atoms with E-state index in [1.54, 1.807) is 0 Å². The highest BCUT2D eigenvalue weighted by Crippen LogP contribution is 2.69. The van der Waals surface area contributed by atoms with Crippen molar-refractivity contribution in [2.45, 2.75) is 104 Å². The molecule has 32 heavy (non-hydrogen) atoms. The van der Waals surface area contributed by atoms with Gasteiger partial charge in [-0.1, -0.05) is 46.8 Å². The lowest BCUT2D eigenvalue weighted by atomic mass is 9.42. The highest BCUT2D eigenvalue weighted by molar-refractivity contribution is 5.83. The summed E-state index contributed by atoms with van der Waals surface area (Å²) in [5.74, 6) is 0.229. The van der Waals surface area contributed by atoms with Crippen molar-refractivity contribution in [3.8, 4) is 0 Å². The highest BCUT2D eigenvalue weighted by atomic mass is 16.5. The summed E-state index contributed by atoms with van der Waals surface area (Å²) in [6, 6.07) is 0. The maximum absolute atomic E-state index is 13.3. The molecule has 3 N–H and O–H groups in total. The number of allylic oxidation sites excluding steroid dienone is 1. The van der Waals surface area contributed by atoms with Crippen molar-refractivity contribution in [1.82, 2.24) is 0 Å². The van der Waals surface area contributed by atoms with Gasteiger partial charge >= 0.3 is 0 Å². The van der Waals surface area contributed by atoms with Crippen molar-refractivity contribution in [1.29, 1.82) is 0 Å². The number of rotatable bonds is 5. The summed E-state index contributed by atoms with van der Waals surface area (Å²) in [7, 11) is 0. The summed E-state index contributed by atoms with van der Waals surface area (Å²) in [6.07, 6.45) is 6.91. The van der Waals surface area contributed by atoms with E-state index >= 15 is 0 Å². The monoisotopic (exact) mass is 446 g/mol. The van der Waals surface area contributed by atoms with Gasteiger partial charge in [0.15, 0.2) is 5.79 Å². The van der Waals surface area contributed by atoms with Gasteiger partial charge in [0.2, 0.25) is 0 Å². The van der Waals surface area contributed by atoms with Crippen molar-refractivity contribution in [3.63, 3.8) is 0 Å². The van der Waals surface area contributed by atoms with Crippen LogP contribution in [0.4, 0.5) is 0 Å². The van der Waals surface area contributed by atoms with Gasteiger partial charge in [-0.05, 0) is 92.3 Å². The molecule has 0 radical (unpaired) electrons. The zero-order valence-electron chi connectivity index (χ0n) is 20.9. The number of hydrogen-bond acceptors (Lipinski definition) is 4. The van der Waals surface area contributed by atoms with Crippen molar-refractivity contribution < 1.29 is 20.1 Å². The normalized spacial score (nSPS) is 46.3. The molecule has 0 aromatic heterocycles. The quantitative estimate of drug-likeness (QED) is 0.405. The van der Waals surface area contributed by atoms with Gasteiger partial charge in [0.1, 0.15) is 11.9 Å². The Balaban J connectivity index is 1.57. The van der Waals surface area contributed by atoms with E-state index in [1.807, 2.05) is 6.92 Å². The fourth-order valence-corrected chi connectivity index (χ4v) is 9.04. The first-order valence-electron chi connectivity index (χ1n) is 13.2. The zero-order chi connectivity index (χ0) is 23.6. The molecule has 0 spiro atoms. The molecular formula is C28H46O4. The molecule has 0 aliphatic heterocycles. The Hall–Kier alpha value is -0.710. The fourth-order valence-electron chi connectivity index (χ4n) is 9.04. The van der Waals surface area contributed by atoms with E-state index in [9.17, 15) is 20.1 Å². The van der Waals surface area contributed by atoms with E-state index in [0.717, 1.165) is 25.7 Å². The Morgan fingerprint density at radius 3 is 2.41 bits per heavy atom. The van der Waals surface area contributed by atoms with Crippen LogP contribution in [0, 0.1) is 52.3 Å². The molecule has 4 aliphatic carbocycles. The van der Waals surface area contributed by atoms with Gasteiger partial charge in [-0.2, -0.15) is 0 Å². The van der Waals surface area contributed by atoms with E-state index in [2.05, 4.69) is 34.3 Å². The molecule has 0 saturated heterocycles. The largest absolute Gasteiger partial charge is 0.387 e. The number of aliphatic hydroxyl groups excluding tert-OH is 1. The van der Waals surface area contributed by atoms with Crippen LogP contribution in [0.5, 0.6) is 0 Å². The number of aliphatic hydroxyl groups is 3. The first-order valence-corrected chi connectivity index (χ1v) is 13.2. The highest BCUT2D eigenvalue weighted by Gasteiger charge is 2.69.